The average molecular weight is 289 g/mol. The van der Waals surface area contributed by atoms with Gasteiger partial charge in [0, 0.05) is 11.1 Å². The highest BCUT2D eigenvalue weighted by Gasteiger charge is 2.17. The molecule has 1 amide bonds. The lowest BCUT2D eigenvalue weighted by Gasteiger charge is -2.06. The third-order valence-corrected chi connectivity index (χ3v) is 4.30. The summed E-state index contributed by atoms with van der Waals surface area (Å²) >= 11 is 1.56. The van der Waals surface area contributed by atoms with Gasteiger partial charge >= 0.3 is 0 Å². The number of nitrogens with zero attached hydrogens (tertiary/aromatic N) is 2. The molecule has 0 bridgehead atoms. The molecular weight excluding hydrogens is 274 g/mol. The van der Waals surface area contributed by atoms with Crippen LogP contribution >= 0.6 is 11.3 Å². The van der Waals surface area contributed by atoms with E-state index in [4.69, 9.17) is 5.84 Å². The van der Waals surface area contributed by atoms with Crippen LogP contribution in [0, 0.1) is 0 Å². The predicted octanol–water partition coefficient (Wildman–Crippen LogP) is 1.95. The zero-order chi connectivity index (χ0) is 13.9. The number of nitrogens with two attached hydrogens (primary N) is 1. The molecule has 0 unspecified atom stereocenters. The van der Waals surface area contributed by atoms with Crippen LogP contribution < -0.4 is 16.6 Å². The SMILES string of the molecule is NNc1ccnc(C(=O)Nc2nc3c(s2)CCCC3)c1. The average Bonchev–Trinajstić information content (AvgIpc) is 2.89. The summed E-state index contributed by atoms with van der Waals surface area (Å²) in [6.07, 6.45) is 5.99. The molecule has 4 N–H and O–H groups in total. The molecule has 1 aliphatic carbocycles. The minimum absolute atomic E-state index is 0.270. The second-order valence-corrected chi connectivity index (χ2v) is 5.71. The quantitative estimate of drug-likeness (QED) is 0.593. The number of hydrazine groups is 1. The summed E-state index contributed by atoms with van der Waals surface area (Å²) in [6.45, 7) is 0. The number of aromatic nitrogens is 2. The van der Waals surface area contributed by atoms with Crippen LogP contribution in [0.3, 0.4) is 0 Å². The Balaban J connectivity index is 1.76. The first-order valence-corrected chi connectivity index (χ1v) is 7.30. The Morgan fingerprint density at radius 1 is 1.35 bits per heavy atom. The Labute approximate surface area is 120 Å². The molecular formula is C13H15N5OS. The number of anilines is 2. The van der Waals surface area contributed by atoms with Crippen molar-refractivity contribution >= 4 is 28.1 Å². The van der Waals surface area contributed by atoms with E-state index in [0.717, 1.165) is 18.5 Å². The van der Waals surface area contributed by atoms with E-state index in [1.54, 1.807) is 23.5 Å². The number of rotatable bonds is 3. The maximum absolute atomic E-state index is 12.1. The second-order valence-electron chi connectivity index (χ2n) is 4.62. The molecule has 2 aromatic heterocycles. The van der Waals surface area contributed by atoms with Crippen molar-refractivity contribution in [2.24, 2.45) is 5.84 Å². The molecule has 20 heavy (non-hydrogen) atoms. The van der Waals surface area contributed by atoms with Crippen LogP contribution in [0.5, 0.6) is 0 Å². The van der Waals surface area contributed by atoms with Gasteiger partial charge in [-0.15, -0.1) is 11.3 Å². The molecule has 2 aromatic rings. The van der Waals surface area contributed by atoms with Crippen LogP contribution in [0.4, 0.5) is 10.8 Å². The number of pyridine rings is 1. The second kappa shape index (κ2) is 5.56. The van der Waals surface area contributed by atoms with E-state index in [-0.39, 0.29) is 5.91 Å². The van der Waals surface area contributed by atoms with Gasteiger partial charge in [-0.25, -0.2) is 4.98 Å². The van der Waals surface area contributed by atoms with Crippen LogP contribution in [-0.2, 0) is 12.8 Å². The first-order chi connectivity index (χ1) is 9.76. The van der Waals surface area contributed by atoms with Gasteiger partial charge < -0.3 is 5.43 Å². The number of aryl methyl sites for hydroxylation is 2. The van der Waals surface area contributed by atoms with Gasteiger partial charge in [-0.1, -0.05) is 0 Å². The van der Waals surface area contributed by atoms with Crippen molar-refractivity contribution in [3.8, 4) is 0 Å². The number of nitrogen functional groups attached to an aromatic ring is 1. The number of hydrogen-bond donors (Lipinski definition) is 3. The molecule has 0 saturated heterocycles. The molecule has 0 aromatic carbocycles. The van der Waals surface area contributed by atoms with E-state index in [1.165, 1.54) is 23.9 Å². The number of fused-ring (bicyclic) bond motifs is 1. The summed E-state index contributed by atoms with van der Waals surface area (Å²) in [6, 6.07) is 3.29. The largest absolute Gasteiger partial charge is 0.324 e. The van der Waals surface area contributed by atoms with Gasteiger partial charge in [-0.2, -0.15) is 0 Å². The number of carbonyl (C=O) groups is 1. The Bertz CT molecular complexity index is 616. The van der Waals surface area contributed by atoms with Gasteiger partial charge in [0.15, 0.2) is 5.13 Å². The minimum Gasteiger partial charge on any atom is -0.324 e. The lowest BCUT2D eigenvalue weighted by atomic mass is 10.0. The molecule has 0 atom stereocenters. The van der Waals surface area contributed by atoms with Crippen molar-refractivity contribution in [2.45, 2.75) is 25.7 Å². The summed E-state index contributed by atoms with van der Waals surface area (Å²) in [7, 11) is 0. The molecule has 0 radical (unpaired) electrons. The maximum atomic E-state index is 12.1. The summed E-state index contributed by atoms with van der Waals surface area (Å²) in [5.74, 6) is 5.05. The van der Waals surface area contributed by atoms with Crippen molar-refractivity contribution in [1.29, 1.82) is 0 Å². The number of hydrogen-bond acceptors (Lipinski definition) is 6. The van der Waals surface area contributed by atoms with Crippen molar-refractivity contribution in [2.75, 3.05) is 10.7 Å². The normalized spacial score (nSPS) is 13.7. The maximum Gasteiger partial charge on any atom is 0.276 e. The number of thiazole rings is 1. The van der Waals surface area contributed by atoms with Crippen LogP contribution in [0.15, 0.2) is 18.3 Å². The molecule has 2 heterocycles. The Kier molecular flexibility index (Phi) is 3.62. The van der Waals surface area contributed by atoms with E-state index in [2.05, 4.69) is 20.7 Å². The lowest BCUT2D eigenvalue weighted by Crippen LogP contribution is -2.15. The van der Waals surface area contributed by atoms with Gasteiger partial charge in [0.25, 0.3) is 5.91 Å². The molecule has 104 valence electrons. The molecule has 7 heteroatoms. The topological polar surface area (TPSA) is 92.9 Å². The van der Waals surface area contributed by atoms with Crippen molar-refractivity contribution in [1.82, 2.24) is 9.97 Å². The van der Waals surface area contributed by atoms with E-state index < -0.39 is 0 Å². The van der Waals surface area contributed by atoms with Crippen molar-refractivity contribution in [3.05, 3.63) is 34.6 Å². The Morgan fingerprint density at radius 3 is 3.00 bits per heavy atom. The van der Waals surface area contributed by atoms with E-state index in [1.807, 2.05) is 0 Å². The van der Waals surface area contributed by atoms with Gasteiger partial charge in [0.1, 0.15) is 5.69 Å². The Hall–Kier alpha value is -1.99. The highest BCUT2D eigenvalue weighted by Crippen LogP contribution is 2.29. The van der Waals surface area contributed by atoms with Crippen LogP contribution in [0.2, 0.25) is 0 Å². The zero-order valence-electron chi connectivity index (χ0n) is 10.8. The van der Waals surface area contributed by atoms with E-state index in [9.17, 15) is 4.79 Å². The summed E-state index contributed by atoms with van der Waals surface area (Å²) < 4.78 is 0. The van der Waals surface area contributed by atoms with Gasteiger partial charge in [-0.05, 0) is 37.8 Å². The van der Waals surface area contributed by atoms with Crippen molar-refractivity contribution < 1.29 is 4.79 Å². The standard InChI is InChI=1S/C13H15N5OS/c14-18-8-5-6-15-10(7-8)12(19)17-13-16-9-3-1-2-4-11(9)20-13/h5-7H,1-4,14H2,(H,15,18)(H,16,17,19). The zero-order valence-corrected chi connectivity index (χ0v) is 11.7. The van der Waals surface area contributed by atoms with Crippen LogP contribution in [0.25, 0.3) is 0 Å². The van der Waals surface area contributed by atoms with E-state index >= 15 is 0 Å². The van der Waals surface area contributed by atoms with Crippen molar-refractivity contribution in [3.63, 3.8) is 0 Å². The Morgan fingerprint density at radius 2 is 2.20 bits per heavy atom. The fourth-order valence-electron chi connectivity index (χ4n) is 2.21. The molecule has 6 nitrogen and oxygen atoms in total. The highest BCUT2D eigenvalue weighted by molar-refractivity contribution is 7.15. The van der Waals surface area contributed by atoms with Gasteiger partial charge in [-0.3, -0.25) is 20.9 Å². The number of nitrogens with one attached hydrogen (secondary N) is 2. The summed E-state index contributed by atoms with van der Waals surface area (Å²) in [5, 5.41) is 3.45. The van der Waals surface area contributed by atoms with Gasteiger partial charge in [0.2, 0.25) is 0 Å². The monoisotopic (exact) mass is 289 g/mol. The third-order valence-electron chi connectivity index (χ3n) is 3.23. The predicted molar refractivity (Wildman–Crippen MR) is 78.8 cm³/mol. The third kappa shape index (κ3) is 2.63. The highest BCUT2D eigenvalue weighted by atomic mass is 32.1. The number of carbonyl (C=O) groups excluding carboxylic acids is 1. The smallest absolute Gasteiger partial charge is 0.276 e. The fourth-order valence-corrected chi connectivity index (χ4v) is 3.26. The molecule has 3 rings (SSSR count). The number of amides is 1. The minimum atomic E-state index is -0.270. The van der Waals surface area contributed by atoms with Crippen LogP contribution in [-0.4, -0.2) is 15.9 Å². The molecule has 0 fully saturated rings. The summed E-state index contributed by atoms with van der Waals surface area (Å²) in [4.78, 5) is 21.9. The molecule has 0 aliphatic heterocycles. The van der Waals surface area contributed by atoms with Crippen LogP contribution in [0.1, 0.15) is 33.9 Å². The molecule has 0 saturated carbocycles. The first-order valence-electron chi connectivity index (χ1n) is 6.49. The summed E-state index contributed by atoms with van der Waals surface area (Å²) in [5.41, 5.74) is 4.58. The first kappa shape index (κ1) is 13.0. The lowest BCUT2D eigenvalue weighted by molar-refractivity contribution is 0.102. The fraction of sp³-hybridized carbons (Fsp3) is 0.308. The molecule has 1 aliphatic rings. The van der Waals surface area contributed by atoms with Gasteiger partial charge in [0.05, 0.1) is 11.4 Å². The van der Waals surface area contributed by atoms with E-state index in [0.29, 0.717) is 16.5 Å². The molecule has 0 spiro atoms.